The third kappa shape index (κ3) is 3.71. The molecule has 1 amide bonds. The fourth-order valence-electron chi connectivity index (χ4n) is 2.50. The number of nitrogens with one attached hydrogen (secondary N) is 2. The van der Waals surface area contributed by atoms with Crippen LogP contribution in [0.4, 0.5) is 0 Å². The topological polar surface area (TPSA) is 64.9 Å². The molecule has 0 bridgehead atoms. The molecule has 0 saturated carbocycles. The van der Waals surface area contributed by atoms with Crippen molar-refractivity contribution in [2.45, 2.75) is 46.5 Å². The van der Waals surface area contributed by atoms with Crippen LogP contribution in [0.5, 0.6) is 0 Å². The molecule has 0 aromatic carbocycles. The van der Waals surface area contributed by atoms with Gasteiger partial charge in [-0.15, -0.1) is 0 Å². The van der Waals surface area contributed by atoms with Crippen LogP contribution in [0, 0.1) is 22.2 Å². The molecular formula is C14H25N3O. The molecule has 1 aliphatic rings. The zero-order valence-electron chi connectivity index (χ0n) is 11.8. The van der Waals surface area contributed by atoms with Crippen molar-refractivity contribution >= 4 is 5.91 Å². The minimum absolute atomic E-state index is 0.133. The maximum atomic E-state index is 12.4. The Morgan fingerprint density at radius 3 is 2.56 bits per heavy atom. The second-order valence-corrected chi connectivity index (χ2v) is 5.96. The Hall–Kier alpha value is -1.08. The first-order chi connectivity index (χ1) is 8.46. The summed E-state index contributed by atoms with van der Waals surface area (Å²) < 4.78 is 0. The minimum atomic E-state index is -0.490. The van der Waals surface area contributed by atoms with Crippen molar-refractivity contribution in [1.82, 2.24) is 10.6 Å². The first-order valence-electron chi connectivity index (χ1n) is 6.86. The smallest absolute Gasteiger partial charge is 0.226 e. The monoisotopic (exact) mass is 251 g/mol. The van der Waals surface area contributed by atoms with Crippen LogP contribution in [0.3, 0.4) is 0 Å². The van der Waals surface area contributed by atoms with Crippen molar-refractivity contribution in [3.8, 4) is 6.07 Å². The van der Waals surface area contributed by atoms with E-state index < -0.39 is 5.41 Å². The van der Waals surface area contributed by atoms with Crippen LogP contribution in [0.25, 0.3) is 0 Å². The van der Waals surface area contributed by atoms with E-state index >= 15 is 0 Å². The molecule has 1 rings (SSSR count). The molecule has 1 fully saturated rings. The van der Waals surface area contributed by atoms with Gasteiger partial charge in [0.25, 0.3) is 0 Å². The third-order valence-corrected chi connectivity index (χ3v) is 3.76. The Morgan fingerprint density at radius 1 is 1.44 bits per heavy atom. The van der Waals surface area contributed by atoms with Crippen LogP contribution >= 0.6 is 0 Å². The Kier molecular flexibility index (Phi) is 5.15. The predicted molar refractivity (Wildman–Crippen MR) is 71.8 cm³/mol. The first kappa shape index (κ1) is 15.0. The van der Waals surface area contributed by atoms with Gasteiger partial charge in [-0.05, 0) is 46.2 Å². The highest BCUT2D eigenvalue weighted by atomic mass is 16.2. The molecule has 1 heterocycles. The molecule has 0 aromatic rings. The lowest BCUT2D eigenvalue weighted by Gasteiger charge is -2.36. The average Bonchev–Trinajstić information content (AvgIpc) is 2.37. The lowest BCUT2D eigenvalue weighted by molar-refractivity contribution is -0.133. The van der Waals surface area contributed by atoms with E-state index in [1.54, 1.807) is 0 Å². The molecule has 4 heteroatoms. The largest absolute Gasteiger partial charge is 0.354 e. The van der Waals surface area contributed by atoms with Gasteiger partial charge in [0.2, 0.25) is 5.91 Å². The number of hydrogen-bond donors (Lipinski definition) is 2. The second kappa shape index (κ2) is 6.19. The summed E-state index contributed by atoms with van der Waals surface area (Å²) in [6, 6.07) is 2.22. The van der Waals surface area contributed by atoms with E-state index in [9.17, 15) is 4.79 Å². The zero-order valence-corrected chi connectivity index (χ0v) is 11.8. The standard InChI is InChI=1S/C14H25N3O/c1-4-5-14(6-8-16-9-7-14)12(18)17-11-13(2,3)10-15/h16H,4-9,11H2,1-3H3,(H,17,18). The third-order valence-electron chi connectivity index (χ3n) is 3.76. The van der Waals surface area contributed by atoms with Gasteiger partial charge in [0.05, 0.1) is 16.9 Å². The molecule has 1 aliphatic heterocycles. The van der Waals surface area contributed by atoms with Crippen molar-refractivity contribution in [2.24, 2.45) is 10.8 Å². The van der Waals surface area contributed by atoms with Crippen molar-refractivity contribution in [1.29, 1.82) is 5.26 Å². The molecule has 4 nitrogen and oxygen atoms in total. The van der Waals surface area contributed by atoms with E-state index in [4.69, 9.17) is 5.26 Å². The molecule has 2 N–H and O–H groups in total. The number of carbonyl (C=O) groups excluding carboxylic acids is 1. The summed E-state index contributed by atoms with van der Waals surface area (Å²) in [4.78, 5) is 12.4. The molecule has 0 spiro atoms. The summed E-state index contributed by atoms with van der Waals surface area (Å²) in [5.74, 6) is 0.133. The Balaban J connectivity index is 2.63. The van der Waals surface area contributed by atoms with Gasteiger partial charge in [0.1, 0.15) is 0 Å². The Labute approximate surface area is 110 Å². The molecule has 0 atom stereocenters. The number of piperidine rings is 1. The number of hydrogen-bond acceptors (Lipinski definition) is 3. The number of amides is 1. The molecule has 0 aliphatic carbocycles. The fraction of sp³-hybridized carbons (Fsp3) is 0.857. The summed E-state index contributed by atoms with van der Waals surface area (Å²) in [7, 11) is 0. The van der Waals surface area contributed by atoms with Crippen LogP contribution < -0.4 is 10.6 Å². The van der Waals surface area contributed by atoms with Gasteiger partial charge >= 0.3 is 0 Å². The maximum absolute atomic E-state index is 12.4. The van der Waals surface area contributed by atoms with E-state index in [-0.39, 0.29) is 11.3 Å². The second-order valence-electron chi connectivity index (χ2n) is 5.96. The van der Waals surface area contributed by atoms with Crippen molar-refractivity contribution < 1.29 is 4.79 Å². The summed E-state index contributed by atoms with van der Waals surface area (Å²) in [6.45, 7) is 8.08. The number of carbonyl (C=O) groups is 1. The average molecular weight is 251 g/mol. The van der Waals surface area contributed by atoms with Gasteiger partial charge in [-0.2, -0.15) is 5.26 Å². The van der Waals surface area contributed by atoms with Crippen LogP contribution in [0.2, 0.25) is 0 Å². The Morgan fingerprint density at radius 2 is 2.06 bits per heavy atom. The molecular weight excluding hydrogens is 226 g/mol. The predicted octanol–water partition coefficient (Wildman–Crippen LogP) is 1.82. The van der Waals surface area contributed by atoms with E-state index in [1.807, 2.05) is 13.8 Å². The molecule has 0 unspecified atom stereocenters. The number of nitrogens with zero attached hydrogens (tertiary/aromatic N) is 1. The number of rotatable bonds is 5. The Bertz CT molecular complexity index is 319. The van der Waals surface area contributed by atoms with E-state index in [1.165, 1.54) is 0 Å². The molecule has 0 radical (unpaired) electrons. The highest BCUT2D eigenvalue weighted by Crippen LogP contribution is 2.34. The van der Waals surface area contributed by atoms with Crippen LogP contribution in [-0.2, 0) is 4.79 Å². The highest BCUT2D eigenvalue weighted by molar-refractivity contribution is 5.82. The summed E-state index contributed by atoms with van der Waals surface area (Å²) in [5.41, 5.74) is -0.707. The first-order valence-corrected chi connectivity index (χ1v) is 6.86. The zero-order chi connectivity index (χ0) is 13.6. The van der Waals surface area contributed by atoms with Gasteiger partial charge in [-0.3, -0.25) is 4.79 Å². The van der Waals surface area contributed by atoms with Gasteiger partial charge in [0.15, 0.2) is 0 Å². The quantitative estimate of drug-likeness (QED) is 0.783. The normalized spacial score (nSPS) is 19.0. The summed E-state index contributed by atoms with van der Waals surface area (Å²) in [6.07, 6.45) is 3.77. The van der Waals surface area contributed by atoms with Crippen molar-refractivity contribution in [3.63, 3.8) is 0 Å². The van der Waals surface area contributed by atoms with Crippen LogP contribution in [-0.4, -0.2) is 25.5 Å². The van der Waals surface area contributed by atoms with Crippen molar-refractivity contribution in [3.05, 3.63) is 0 Å². The number of nitriles is 1. The van der Waals surface area contributed by atoms with Gasteiger partial charge in [0, 0.05) is 6.54 Å². The van der Waals surface area contributed by atoms with Crippen LogP contribution in [0.1, 0.15) is 46.5 Å². The lowest BCUT2D eigenvalue weighted by Crippen LogP contribution is -2.49. The highest BCUT2D eigenvalue weighted by Gasteiger charge is 2.38. The van der Waals surface area contributed by atoms with Gasteiger partial charge in [-0.1, -0.05) is 13.3 Å². The molecule has 102 valence electrons. The lowest BCUT2D eigenvalue weighted by atomic mass is 9.74. The van der Waals surface area contributed by atoms with Gasteiger partial charge < -0.3 is 10.6 Å². The molecule has 0 aromatic heterocycles. The minimum Gasteiger partial charge on any atom is -0.354 e. The molecule has 18 heavy (non-hydrogen) atoms. The van der Waals surface area contributed by atoms with E-state index in [0.29, 0.717) is 6.54 Å². The van der Waals surface area contributed by atoms with E-state index in [2.05, 4.69) is 23.6 Å². The SMILES string of the molecule is CCCC1(C(=O)NCC(C)(C)C#N)CCNCC1. The van der Waals surface area contributed by atoms with Gasteiger partial charge in [-0.25, -0.2) is 0 Å². The maximum Gasteiger partial charge on any atom is 0.226 e. The van der Waals surface area contributed by atoms with E-state index in [0.717, 1.165) is 38.8 Å². The summed E-state index contributed by atoms with van der Waals surface area (Å²) >= 11 is 0. The summed E-state index contributed by atoms with van der Waals surface area (Å²) in [5, 5.41) is 15.3. The molecule has 1 saturated heterocycles. The van der Waals surface area contributed by atoms with Crippen molar-refractivity contribution in [2.75, 3.05) is 19.6 Å². The fourth-order valence-corrected chi connectivity index (χ4v) is 2.50. The van der Waals surface area contributed by atoms with Crippen LogP contribution in [0.15, 0.2) is 0 Å².